The van der Waals surface area contributed by atoms with E-state index >= 15 is 0 Å². The highest BCUT2D eigenvalue weighted by molar-refractivity contribution is 5.84. The van der Waals surface area contributed by atoms with Crippen LogP contribution in [0, 0.1) is 0 Å². The fourth-order valence-corrected chi connectivity index (χ4v) is 2.65. The maximum atomic E-state index is 9.49. The minimum atomic E-state index is 0.209. The number of aromatic hydroxyl groups is 1. The molecule has 0 spiro atoms. The van der Waals surface area contributed by atoms with Gasteiger partial charge in [0.1, 0.15) is 18.1 Å². The summed E-state index contributed by atoms with van der Waals surface area (Å²) in [6.45, 7) is 4.03. The van der Waals surface area contributed by atoms with Crippen LogP contribution in [0.3, 0.4) is 0 Å². The van der Waals surface area contributed by atoms with E-state index in [1.807, 2.05) is 6.07 Å². The number of hydrogen-bond acceptors (Lipinski definition) is 3. The molecule has 0 fully saturated rings. The predicted molar refractivity (Wildman–Crippen MR) is 87.9 cm³/mol. The summed E-state index contributed by atoms with van der Waals surface area (Å²) < 4.78 is 8.00. The van der Waals surface area contributed by atoms with Gasteiger partial charge < -0.3 is 20.1 Å². The first-order chi connectivity index (χ1) is 10.7. The minimum absolute atomic E-state index is 0.209. The van der Waals surface area contributed by atoms with Gasteiger partial charge in [0.05, 0.1) is 0 Å². The number of ether oxygens (including phenoxy) is 1. The van der Waals surface area contributed by atoms with Crippen LogP contribution < -0.4 is 10.5 Å². The molecule has 3 aromatic rings. The molecule has 4 nitrogen and oxygen atoms in total. The van der Waals surface area contributed by atoms with Gasteiger partial charge in [-0.3, -0.25) is 0 Å². The normalized spacial score (nSPS) is 11.0. The Labute approximate surface area is 129 Å². The number of hydrogen-bond donors (Lipinski definition) is 2. The highest BCUT2D eigenvalue weighted by Crippen LogP contribution is 2.25. The molecule has 2 aromatic carbocycles. The van der Waals surface area contributed by atoms with Gasteiger partial charge in [-0.1, -0.05) is 18.2 Å². The number of benzene rings is 2. The summed E-state index contributed by atoms with van der Waals surface area (Å²) in [6.07, 6.45) is 2.12. The SMILES string of the molecule is CCn1cc(COc2cccc(O)c2)c2ccc(CN)cc21. The Bertz CT molecular complexity index is 793. The van der Waals surface area contributed by atoms with Gasteiger partial charge in [0, 0.05) is 41.8 Å². The monoisotopic (exact) mass is 296 g/mol. The third-order valence-electron chi connectivity index (χ3n) is 3.82. The number of aryl methyl sites for hydroxylation is 1. The van der Waals surface area contributed by atoms with Gasteiger partial charge in [0.25, 0.3) is 0 Å². The third kappa shape index (κ3) is 2.78. The largest absolute Gasteiger partial charge is 0.508 e. The van der Waals surface area contributed by atoms with Gasteiger partial charge in [-0.15, -0.1) is 0 Å². The van der Waals surface area contributed by atoms with Gasteiger partial charge in [0.2, 0.25) is 0 Å². The molecule has 1 heterocycles. The van der Waals surface area contributed by atoms with Gasteiger partial charge >= 0.3 is 0 Å². The number of aromatic nitrogens is 1. The number of nitrogens with zero attached hydrogens (tertiary/aromatic N) is 1. The Morgan fingerprint density at radius 3 is 2.77 bits per heavy atom. The minimum Gasteiger partial charge on any atom is -0.508 e. The molecule has 3 N–H and O–H groups in total. The molecule has 4 heteroatoms. The van der Waals surface area contributed by atoms with E-state index in [1.54, 1.807) is 18.2 Å². The molecule has 0 aliphatic carbocycles. The Balaban J connectivity index is 1.90. The molecular weight excluding hydrogens is 276 g/mol. The first kappa shape index (κ1) is 14.5. The highest BCUT2D eigenvalue weighted by atomic mass is 16.5. The maximum Gasteiger partial charge on any atom is 0.123 e. The molecule has 114 valence electrons. The van der Waals surface area contributed by atoms with Crippen LogP contribution in [0.5, 0.6) is 11.5 Å². The summed E-state index contributed by atoms with van der Waals surface area (Å²) in [7, 11) is 0. The first-order valence-electron chi connectivity index (χ1n) is 7.43. The lowest BCUT2D eigenvalue weighted by Crippen LogP contribution is -1.97. The summed E-state index contributed by atoms with van der Waals surface area (Å²) in [4.78, 5) is 0. The van der Waals surface area contributed by atoms with Crippen molar-refractivity contribution < 1.29 is 9.84 Å². The number of rotatable bonds is 5. The standard InChI is InChI=1S/C18H20N2O2/c1-2-20-11-14(12-22-16-5-3-4-15(21)9-16)17-7-6-13(10-19)8-18(17)20/h3-9,11,21H,2,10,12,19H2,1H3. The molecule has 1 aromatic heterocycles. The molecule has 0 saturated carbocycles. The molecule has 3 rings (SSSR count). The zero-order valence-corrected chi connectivity index (χ0v) is 12.6. The summed E-state index contributed by atoms with van der Waals surface area (Å²) in [5.41, 5.74) is 9.17. The van der Waals surface area contributed by atoms with E-state index in [1.165, 1.54) is 10.9 Å². The Hall–Kier alpha value is -2.46. The fraction of sp³-hybridized carbons (Fsp3) is 0.222. The van der Waals surface area contributed by atoms with Gasteiger partial charge in [0.15, 0.2) is 0 Å². The Kier molecular flexibility index (Phi) is 4.02. The lowest BCUT2D eigenvalue weighted by molar-refractivity contribution is 0.305. The van der Waals surface area contributed by atoms with Crippen molar-refractivity contribution in [2.24, 2.45) is 5.73 Å². The molecule has 22 heavy (non-hydrogen) atoms. The van der Waals surface area contributed by atoms with E-state index in [2.05, 4.69) is 35.9 Å². The van der Waals surface area contributed by atoms with E-state index in [0.29, 0.717) is 18.9 Å². The summed E-state index contributed by atoms with van der Waals surface area (Å²) >= 11 is 0. The van der Waals surface area contributed by atoms with Crippen LogP contribution in [0.4, 0.5) is 0 Å². The van der Waals surface area contributed by atoms with Gasteiger partial charge in [-0.05, 0) is 30.7 Å². The van der Waals surface area contributed by atoms with Crippen LogP contribution in [0.25, 0.3) is 10.9 Å². The number of phenols is 1. The molecule has 0 saturated heterocycles. The van der Waals surface area contributed by atoms with Gasteiger partial charge in [-0.25, -0.2) is 0 Å². The van der Waals surface area contributed by atoms with Crippen LogP contribution in [0.1, 0.15) is 18.1 Å². The predicted octanol–water partition coefficient (Wildman–Crippen LogP) is 3.40. The van der Waals surface area contributed by atoms with E-state index < -0.39 is 0 Å². The maximum absolute atomic E-state index is 9.49. The summed E-state index contributed by atoms with van der Waals surface area (Å²) in [5.74, 6) is 0.872. The molecule has 0 amide bonds. The van der Waals surface area contributed by atoms with E-state index in [4.69, 9.17) is 10.5 Å². The van der Waals surface area contributed by atoms with Crippen LogP contribution >= 0.6 is 0 Å². The quantitative estimate of drug-likeness (QED) is 0.758. The number of phenolic OH excluding ortho intramolecular Hbond substituents is 1. The highest BCUT2D eigenvalue weighted by Gasteiger charge is 2.09. The van der Waals surface area contributed by atoms with Crippen molar-refractivity contribution in [1.29, 1.82) is 0 Å². The summed E-state index contributed by atoms with van der Waals surface area (Å²) in [6, 6.07) is 13.1. The molecule has 0 atom stereocenters. The Morgan fingerprint density at radius 2 is 2.05 bits per heavy atom. The molecule has 0 unspecified atom stereocenters. The van der Waals surface area contributed by atoms with Crippen molar-refractivity contribution in [3.8, 4) is 11.5 Å². The van der Waals surface area contributed by atoms with Crippen molar-refractivity contribution in [3.63, 3.8) is 0 Å². The average molecular weight is 296 g/mol. The zero-order valence-electron chi connectivity index (χ0n) is 12.6. The van der Waals surface area contributed by atoms with Crippen LogP contribution in [-0.2, 0) is 19.7 Å². The van der Waals surface area contributed by atoms with E-state index in [9.17, 15) is 5.11 Å². The van der Waals surface area contributed by atoms with Crippen molar-refractivity contribution >= 4 is 10.9 Å². The first-order valence-corrected chi connectivity index (χ1v) is 7.43. The molecule has 0 bridgehead atoms. The van der Waals surface area contributed by atoms with Crippen molar-refractivity contribution in [1.82, 2.24) is 4.57 Å². The van der Waals surface area contributed by atoms with Gasteiger partial charge in [-0.2, -0.15) is 0 Å². The number of nitrogens with two attached hydrogens (primary N) is 1. The van der Waals surface area contributed by atoms with E-state index in [0.717, 1.165) is 17.7 Å². The molecular formula is C18H20N2O2. The zero-order chi connectivity index (χ0) is 15.5. The van der Waals surface area contributed by atoms with Crippen LogP contribution in [0.15, 0.2) is 48.7 Å². The van der Waals surface area contributed by atoms with Crippen LogP contribution in [0.2, 0.25) is 0 Å². The van der Waals surface area contributed by atoms with Crippen molar-refractivity contribution in [2.45, 2.75) is 26.6 Å². The topological polar surface area (TPSA) is 60.4 Å². The van der Waals surface area contributed by atoms with Crippen molar-refractivity contribution in [2.75, 3.05) is 0 Å². The summed E-state index contributed by atoms with van der Waals surface area (Å²) in [5, 5.41) is 10.7. The number of fused-ring (bicyclic) bond motifs is 1. The molecule has 0 aliphatic rings. The second-order valence-corrected chi connectivity index (χ2v) is 5.28. The fourth-order valence-electron chi connectivity index (χ4n) is 2.65. The Morgan fingerprint density at radius 1 is 1.18 bits per heavy atom. The van der Waals surface area contributed by atoms with E-state index in [-0.39, 0.29) is 5.75 Å². The molecule has 0 aliphatic heterocycles. The molecule has 0 radical (unpaired) electrons. The second-order valence-electron chi connectivity index (χ2n) is 5.28. The lowest BCUT2D eigenvalue weighted by Gasteiger charge is -2.06. The smallest absolute Gasteiger partial charge is 0.123 e. The third-order valence-corrected chi connectivity index (χ3v) is 3.82. The average Bonchev–Trinajstić information content (AvgIpc) is 2.90. The lowest BCUT2D eigenvalue weighted by atomic mass is 10.1. The second kappa shape index (κ2) is 6.12. The van der Waals surface area contributed by atoms with Crippen LogP contribution in [-0.4, -0.2) is 9.67 Å². The van der Waals surface area contributed by atoms with Crippen molar-refractivity contribution in [3.05, 3.63) is 59.8 Å².